The van der Waals surface area contributed by atoms with Gasteiger partial charge in [-0.3, -0.25) is 9.78 Å². The summed E-state index contributed by atoms with van der Waals surface area (Å²) in [5, 5.41) is 5.80. The highest BCUT2D eigenvalue weighted by atomic mass is 16.5. The molecule has 100 valence electrons. The monoisotopic (exact) mass is 251 g/mol. The van der Waals surface area contributed by atoms with E-state index in [4.69, 9.17) is 4.74 Å². The molecule has 1 amide bonds. The van der Waals surface area contributed by atoms with E-state index in [9.17, 15) is 4.79 Å². The summed E-state index contributed by atoms with van der Waals surface area (Å²) in [5.74, 6) is -0.140. The summed E-state index contributed by atoms with van der Waals surface area (Å²) in [5.41, 5.74) is 2.21. The number of rotatable bonds is 6. The number of hydrogen-bond acceptors (Lipinski definition) is 4. The highest BCUT2D eigenvalue weighted by Crippen LogP contribution is 2.14. The van der Waals surface area contributed by atoms with Crippen LogP contribution in [-0.4, -0.2) is 37.2 Å². The van der Waals surface area contributed by atoms with Gasteiger partial charge in [-0.05, 0) is 26.8 Å². The molecular formula is C13H21N3O2. The van der Waals surface area contributed by atoms with Crippen LogP contribution in [-0.2, 0) is 4.74 Å². The van der Waals surface area contributed by atoms with Gasteiger partial charge in [0.25, 0.3) is 5.91 Å². The summed E-state index contributed by atoms with van der Waals surface area (Å²) in [4.78, 5) is 16.1. The zero-order valence-electron chi connectivity index (χ0n) is 11.4. The van der Waals surface area contributed by atoms with Crippen molar-refractivity contribution in [1.29, 1.82) is 0 Å². The molecule has 0 saturated carbocycles. The summed E-state index contributed by atoms with van der Waals surface area (Å²) in [6.45, 7) is 6.82. The molecule has 0 bridgehead atoms. The highest BCUT2D eigenvalue weighted by molar-refractivity contribution is 5.99. The van der Waals surface area contributed by atoms with Crippen LogP contribution in [0.3, 0.4) is 0 Å². The van der Waals surface area contributed by atoms with Gasteiger partial charge in [0, 0.05) is 25.5 Å². The van der Waals surface area contributed by atoms with Gasteiger partial charge in [-0.15, -0.1) is 0 Å². The smallest absolute Gasteiger partial charge is 0.255 e. The average molecular weight is 251 g/mol. The van der Waals surface area contributed by atoms with Crippen LogP contribution in [0.5, 0.6) is 0 Å². The summed E-state index contributed by atoms with van der Waals surface area (Å²) < 4.78 is 5.36. The Bertz CT molecular complexity index is 405. The molecule has 2 N–H and O–H groups in total. The minimum atomic E-state index is -0.140. The molecule has 0 atom stereocenters. The summed E-state index contributed by atoms with van der Waals surface area (Å²) >= 11 is 0. The molecule has 0 aliphatic rings. The molecule has 0 spiro atoms. The molecule has 5 heteroatoms. The van der Waals surface area contributed by atoms with Gasteiger partial charge in [-0.1, -0.05) is 0 Å². The largest absolute Gasteiger partial charge is 0.387 e. The van der Waals surface area contributed by atoms with Gasteiger partial charge in [0.05, 0.1) is 24.0 Å². The Morgan fingerprint density at radius 1 is 1.50 bits per heavy atom. The van der Waals surface area contributed by atoms with Gasteiger partial charge >= 0.3 is 0 Å². The van der Waals surface area contributed by atoms with Gasteiger partial charge in [0.2, 0.25) is 0 Å². The SMILES string of the molecule is CNc1cc(C)ncc1C(=O)NCCOC(C)C. The van der Waals surface area contributed by atoms with E-state index in [-0.39, 0.29) is 12.0 Å². The molecule has 0 aromatic carbocycles. The van der Waals surface area contributed by atoms with Crippen LogP contribution in [0.25, 0.3) is 0 Å². The van der Waals surface area contributed by atoms with Gasteiger partial charge in [0.1, 0.15) is 0 Å². The van der Waals surface area contributed by atoms with Crippen molar-refractivity contribution in [1.82, 2.24) is 10.3 Å². The van der Waals surface area contributed by atoms with Crippen molar-refractivity contribution in [3.05, 3.63) is 23.5 Å². The fourth-order valence-corrected chi connectivity index (χ4v) is 1.50. The Morgan fingerprint density at radius 3 is 2.83 bits per heavy atom. The maximum Gasteiger partial charge on any atom is 0.255 e. The molecule has 0 aliphatic heterocycles. The first kappa shape index (κ1) is 14.4. The molecule has 1 aromatic rings. The normalized spacial score (nSPS) is 10.5. The second-order valence-corrected chi connectivity index (χ2v) is 4.30. The van der Waals surface area contributed by atoms with Crippen LogP contribution in [0.15, 0.2) is 12.3 Å². The minimum Gasteiger partial charge on any atom is -0.387 e. The summed E-state index contributed by atoms with van der Waals surface area (Å²) in [6, 6.07) is 1.85. The van der Waals surface area contributed by atoms with Crippen LogP contribution in [0.2, 0.25) is 0 Å². The van der Waals surface area contributed by atoms with Crippen molar-refractivity contribution in [2.45, 2.75) is 26.9 Å². The number of carbonyl (C=O) groups is 1. The third-order valence-corrected chi connectivity index (χ3v) is 2.39. The molecule has 18 heavy (non-hydrogen) atoms. The minimum absolute atomic E-state index is 0.140. The fourth-order valence-electron chi connectivity index (χ4n) is 1.50. The van der Waals surface area contributed by atoms with Gasteiger partial charge in [0.15, 0.2) is 0 Å². The van der Waals surface area contributed by atoms with Crippen molar-refractivity contribution in [3.8, 4) is 0 Å². The number of hydrogen-bond donors (Lipinski definition) is 2. The molecule has 1 aromatic heterocycles. The Kier molecular flexibility index (Phi) is 5.58. The van der Waals surface area contributed by atoms with Crippen LogP contribution in [0, 0.1) is 6.92 Å². The zero-order valence-corrected chi connectivity index (χ0v) is 11.4. The third-order valence-electron chi connectivity index (χ3n) is 2.39. The van der Waals surface area contributed by atoms with Crippen molar-refractivity contribution >= 4 is 11.6 Å². The second-order valence-electron chi connectivity index (χ2n) is 4.30. The number of amides is 1. The first-order valence-electron chi connectivity index (χ1n) is 6.08. The van der Waals surface area contributed by atoms with Crippen molar-refractivity contribution in [2.75, 3.05) is 25.5 Å². The molecule has 1 rings (SSSR count). The van der Waals surface area contributed by atoms with Crippen LogP contribution >= 0.6 is 0 Å². The topological polar surface area (TPSA) is 63.2 Å². The first-order chi connectivity index (χ1) is 8.54. The van der Waals surface area contributed by atoms with Crippen LogP contribution in [0.1, 0.15) is 29.9 Å². The first-order valence-corrected chi connectivity index (χ1v) is 6.08. The number of anilines is 1. The number of aryl methyl sites for hydroxylation is 1. The molecule has 0 radical (unpaired) electrons. The molecule has 5 nitrogen and oxygen atoms in total. The predicted molar refractivity (Wildman–Crippen MR) is 71.9 cm³/mol. The van der Waals surface area contributed by atoms with E-state index in [2.05, 4.69) is 15.6 Å². The lowest BCUT2D eigenvalue weighted by atomic mass is 10.2. The number of nitrogens with one attached hydrogen (secondary N) is 2. The molecule has 0 unspecified atom stereocenters. The third kappa shape index (κ3) is 4.33. The molecular weight excluding hydrogens is 230 g/mol. The number of nitrogens with zero attached hydrogens (tertiary/aromatic N) is 1. The molecule has 1 heterocycles. The highest BCUT2D eigenvalue weighted by Gasteiger charge is 2.10. The van der Waals surface area contributed by atoms with E-state index in [0.29, 0.717) is 18.7 Å². The Labute approximate surface area is 108 Å². The lowest BCUT2D eigenvalue weighted by Crippen LogP contribution is -2.28. The van der Waals surface area contributed by atoms with Gasteiger partial charge in [-0.25, -0.2) is 0 Å². The number of ether oxygens (including phenoxy) is 1. The number of aromatic nitrogens is 1. The van der Waals surface area contributed by atoms with E-state index in [0.717, 1.165) is 11.4 Å². The van der Waals surface area contributed by atoms with E-state index in [1.807, 2.05) is 26.8 Å². The van der Waals surface area contributed by atoms with Crippen molar-refractivity contribution in [2.24, 2.45) is 0 Å². The maximum atomic E-state index is 11.9. The quantitative estimate of drug-likeness (QED) is 0.754. The number of pyridine rings is 1. The number of carbonyl (C=O) groups excluding carboxylic acids is 1. The van der Waals surface area contributed by atoms with Crippen molar-refractivity contribution < 1.29 is 9.53 Å². The Balaban J connectivity index is 2.56. The van der Waals surface area contributed by atoms with Crippen LogP contribution in [0.4, 0.5) is 5.69 Å². The van der Waals surface area contributed by atoms with Crippen molar-refractivity contribution in [3.63, 3.8) is 0 Å². The van der Waals surface area contributed by atoms with E-state index in [1.165, 1.54) is 0 Å². The standard InChI is InChI=1S/C13H21N3O2/c1-9(2)18-6-5-15-13(17)11-8-16-10(3)7-12(11)14-4/h7-9H,5-6H2,1-4H3,(H,14,16)(H,15,17). The van der Waals surface area contributed by atoms with E-state index in [1.54, 1.807) is 13.2 Å². The maximum absolute atomic E-state index is 11.9. The van der Waals surface area contributed by atoms with Gasteiger partial charge in [-0.2, -0.15) is 0 Å². The van der Waals surface area contributed by atoms with E-state index < -0.39 is 0 Å². The lowest BCUT2D eigenvalue weighted by Gasteiger charge is -2.11. The van der Waals surface area contributed by atoms with Gasteiger partial charge < -0.3 is 15.4 Å². The molecule has 0 saturated heterocycles. The fraction of sp³-hybridized carbons (Fsp3) is 0.538. The summed E-state index contributed by atoms with van der Waals surface area (Å²) in [7, 11) is 1.79. The van der Waals surface area contributed by atoms with Crippen LogP contribution < -0.4 is 10.6 Å². The zero-order chi connectivity index (χ0) is 13.5. The second kappa shape index (κ2) is 6.96. The lowest BCUT2D eigenvalue weighted by molar-refractivity contribution is 0.0747. The molecule has 0 fully saturated rings. The average Bonchev–Trinajstić information content (AvgIpc) is 2.33. The summed E-state index contributed by atoms with van der Waals surface area (Å²) in [6.07, 6.45) is 1.76. The molecule has 0 aliphatic carbocycles. The Morgan fingerprint density at radius 2 is 2.22 bits per heavy atom. The predicted octanol–water partition coefficient (Wildman–Crippen LogP) is 1.59. The van der Waals surface area contributed by atoms with E-state index >= 15 is 0 Å². The Hall–Kier alpha value is -1.62.